The van der Waals surface area contributed by atoms with Gasteiger partial charge in [-0.15, -0.1) is 0 Å². The second-order valence-electron chi connectivity index (χ2n) is 4.60. The van der Waals surface area contributed by atoms with Crippen LogP contribution in [0, 0.1) is 6.92 Å². The highest BCUT2D eigenvalue weighted by Gasteiger charge is 2.17. The third kappa shape index (κ3) is 2.36. The Morgan fingerprint density at radius 3 is 2.94 bits per heavy atom. The molecule has 3 heterocycles. The molecule has 2 aromatic heterocycles. The molecule has 18 heavy (non-hydrogen) atoms. The van der Waals surface area contributed by atoms with Crippen LogP contribution in [0.25, 0.3) is 0 Å². The van der Waals surface area contributed by atoms with Gasteiger partial charge >= 0.3 is 0 Å². The highest BCUT2D eigenvalue weighted by Crippen LogP contribution is 2.16. The van der Waals surface area contributed by atoms with Gasteiger partial charge in [0.25, 0.3) is 0 Å². The van der Waals surface area contributed by atoms with Crippen molar-refractivity contribution in [3.63, 3.8) is 0 Å². The molecule has 0 saturated heterocycles. The molecule has 0 unspecified atom stereocenters. The van der Waals surface area contributed by atoms with Crippen molar-refractivity contribution in [2.24, 2.45) is 0 Å². The van der Waals surface area contributed by atoms with Gasteiger partial charge in [0.15, 0.2) is 0 Å². The standard InChI is InChI=1S/C13H15N5/c1-10-4-16-12(6-15-10)7-18-3-2-11-5-14-9-17-13(11)8-18/h4-6,9H,2-3,7-8H2,1H3. The van der Waals surface area contributed by atoms with Gasteiger partial charge in [-0.05, 0) is 18.9 Å². The Hall–Kier alpha value is -1.88. The van der Waals surface area contributed by atoms with Crippen molar-refractivity contribution in [3.8, 4) is 0 Å². The number of rotatable bonds is 2. The molecule has 0 amide bonds. The van der Waals surface area contributed by atoms with E-state index in [9.17, 15) is 0 Å². The third-order valence-electron chi connectivity index (χ3n) is 3.17. The SMILES string of the molecule is Cc1cnc(CN2CCc3cncnc3C2)cn1. The molecule has 3 rings (SSSR count). The van der Waals surface area contributed by atoms with E-state index in [-0.39, 0.29) is 0 Å². The molecule has 0 bridgehead atoms. The van der Waals surface area contributed by atoms with E-state index in [1.165, 1.54) is 5.56 Å². The Morgan fingerprint density at radius 1 is 1.17 bits per heavy atom. The number of hydrogen-bond donors (Lipinski definition) is 0. The Labute approximate surface area is 106 Å². The zero-order valence-corrected chi connectivity index (χ0v) is 10.4. The van der Waals surface area contributed by atoms with Gasteiger partial charge in [-0.1, -0.05) is 0 Å². The third-order valence-corrected chi connectivity index (χ3v) is 3.17. The highest BCUT2D eigenvalue weighted by molar-refractivity contribution is 5.19. The summed E-state index contributed by atoms with van der Waals surface area (Å²) in [7, 11) is 0. The molecule has 0 radical (unpaired) electrons. The molecule has 2 aromatic rings. The van der Waals surface area contributed by atoms with Crippen molar-refractivity contribution in [3.05, 3.63) is 47.6 Å². The van der Waals surface area contributed by atoms with Crippen LogP contribution in [-0.2, 0) is 19.5 Å². The molecule has 0 fully saturated rings. The second kappa shape index (κ2) is 4.78. The van der Waals surface area contributed by atoms with Crippen molar-refractivity contribution >= 4 is 0 Å². The van der Waals surface area contributed by atoms with Crippen LogP contribution in [-0.4, -0.2) is 31.4 Å². The summed E-state index contributed by atoms with van der Waals surface area (Å²) in [5.41, 5.74) is 4.37. The predicted molar refractivity (Wildman–Crippen MR) is 66.6 cm³/mol. The van der Waals surface area contributed by atoms with Gasteiger partial charge in [-0.25, -0.2) is 9.97 Å². The van der Waals surface area contributed by atoms with Crippen LogP contribution < -0.4 is 0 Å². The van der Waals surface area contributed by atoms with Gasteiger partial charge in [0.05, 0.1) is 17.1 Å². The summed E-state index contributed by atoms with van der Waals surface area (Å²) in [6, 6.07) is 0. The number of aromatic nitrogens is 4. The zero-order valence-electron chi connectivity index (χ0n) is 10.4. The minimum Gasteiger partial charge on any atom is -0.291 e. The highest BCUT2D eigenvalue weighted by atomic mass is 15.1. The summed E-state index contributed by atoms with van der Waals surface area (Å²) in [5.74, 6) is 0. The lowest BCUT2D eigenvalue weighted by Gasteiger charge is -2.26. The fourth-order valence-corrected chi connectivity index (χ4v) is 2.17. The number of fused-ring (bicyclic) bond motifs is 1. The molecule has 0 aliphatic carbocycles. The van der Waals surface area contributed by atoms with Crippen LogP contribution in [0.1, 0.15) is 22.6 Å². The van der Waals surface area contributed by atoms with Crippen molar-refractivity contribution in [1.82, 2.24) is 24.8 Å². The average Bonchev–Trinajstić information content (AvgIpc) is 2.41. The van der Waals surface area contributed by atoms with Crippen LogP contribution >= 0.6 is 0 Å². The van der Waals surface area contributed by atoms with Crippen LogP contribution in [0.3, 0.4) is 0 Å². The van der Waals surface area contributed by atoms with Crippen molar-refractivity contribution in [2.75, 3.05) is 6.54 Å². The Balaban J connectivity index is 1.71. The topological polar surface area (TPSA) is 54.8 Å². The normalized spacial score (nSPS) is 15.4. The fourth-order valence-electron chi connectivity index (χ4n) is 2.17. The fraction of sp³-hybridized carbons (Fsp3) is 0.385. The first-order chi connectivity index (χ1) is 8.81. The number of aryl methyl sites for hydroxylation is 1. The summed E-state index contributed by atoms with van der Waals surface area (Å²) in [6.07, 6.45) is 8.22. The minimum atomic E-state index is 0.830. The van der Waals surface area contributed by atoms with E-state index in [0.717, 1.165) is 43.1 Å². The van der Waals surface area contributed by atoms with E-state index in [1.807, 2.05) is 25.5 Å². The first kappa shape index (κ1) is 11.2. The molecule has 5 heteroatoms. The Kier molecular flexibility index (Phi) is 2.98. The Morgan fingerprint density at radius 2 is 2.11 bits per heavy atom. The van der Waals surface area contributed by atoms with E-state index in [0.29, 0.717) is 0 Å². The van der Waals surface area contributed by atoms with E-state index in [4.69, 9.17) is 0 Å². The second-order valence-corrected chi connectivity index (χ2v) is 4.60. The monoisotopic (exact) mass is 241 g/mol. The minimum absolute atomic E-state index is 0.830. The lowest BCUT2D eigenvalue weighted by Crippen LogP contribution is -2.31. The molecule has 0 aromatic carbocycles. The van der Waals surface area contributed by atoms with Gasteiger partial charge in [0.1, 0.15) is 6.33 Å². The molecule has 1 aliphatic heterocycles. The first-order valence-corrected chi connectivity index (χ1v) is 6.09. The largest absolute Gasteiger partial charge is 0.291 e. The smallest absolute Gasteiger partial charge is 0.115 e. The molecule has 1 aliphatic rings. The lowest BCUT2D eigenvalue weighted by atomic mass is 10.1. The number of nitrogens with zero attached hydrogens (tertiary/aromatic N) is 5. The molecule has 92 valence electrons. The maximum absolute atomic E-state index is 4.39. The number of hydrogen-bond acceptors (Lipinski definition) is 5. The van der Waals surface area contributed by atoms with E-state index >= 15 is 0 Å². The summed E-state index contributed by atoms with van der Waals surface area (Å²) < 4.78 is 0. The van der Waals surface area contributed by atoms with E-state index in [1.54, 1.807) is 6.33 Å². The summed E-state index contributed by atoms with van der Waals surface area (Å²) in [5, 5.41) is 0. The summed E-state index contributed by atoms with van der Waals surface area (Å²) >= 11 is 0. The zero-order chi connectivity index (χ0) is 12.4. The van der Waals surface area contributed by atoms with Crippen molar-refractivity contribution in [2.45, 2.75) is 26.4 Å². The van der Waals surface area contributed by atoms with Crippen LogP contribution in [0.15, 0.2) is 24.9 Å². The van der Waals surface area contributed by atoms with Crippen LogP contribution in [0.5, 0.6) is 0 Å². The summed E-state index contributed by atoms with van der Waals surface area (Å²) in [4.78, 5) is 19.4. The maximum atomic E-state index is 4.39. The predicted octanol–water partition coefficient (Wildman–Crippen LogP) is 1.13. The quantitative estimate of drug-likeness (QED) is 0.789. The first-order valence-electron chi connectivity index (χ1n) is 6.09. The molecule has 5 nitrogen and oxygen atoms in total. The van der Waals surface area contributed by atoms with Gasteiger partial charge in [0, 0.05) is 38.2 Å². The Bertz CT molecular complexity index is 537. The lowest BCUT2D eigenvalue weighted by molar-refractivity contribution is 0.238. The van der Waals surface area contributed by atoms with Crippen molar-refractivity contribution in [1.29, 1.82) is 0 Å². The van der Waals surface area contributed by atoms with E-state index in [2.05, 4.69) is 24.8 Å². The van der Waals surface area contributed by atoms with Gasteiger partial charge in [-0.3, -0.25) is 14.9 Å². The maximum Gasteiger partial charge on any atom is 0.115 e. The van der Waals surface area contributed by atoms with Crippen LogP contribution in [0.4, 0.5) is 0 Å². The van der Waals surface area contributed by atoms with E-state index < -0.39 is 0 Å². The van der Waals surface area contributed by atoms with Gasteiger partial charge in [0.2, 0.25) is 0 Å². The summed E-state index contributed by atoms with van der Waals surface area (Å²) in [6.45, 7) is 4.67. The molecule has 0 spiro atoms. The van der Waals surface area contributed by atoms with Crippen molar-refractivity contribution < 1.29 is 0 Å². The van der Waals surface area contributed by atoms with Gasteiger partial charge in [-0.2, -0.15) is 0 Å². The molecule has 0 atom stereocenters. The van der Waals surface area contributed by atoms with Gasteiger partial charge < -0.3 is 0 Å². The van der Waals surface area contributed by atoms with Crippen LogP contribution in [0.2, 0.25) is 0 Å². The molecule has 0 saturated carbocycles. The molecular formula is C13H15N5. The average molecular weight is 241 g/mol. The molecular weight excluding hydrogens is 226 g/mol. The molecule has 0 N–H and O–H groups in total.